The number of Topliss-reactive ketones (excluding diaryl/α,β-unsaturated/α-hetero) is 1. The van der Waals surface area contributed by atoms with Crippen LogP contribution in [-0.4, -0.2) is 5.78 Å². The number of allylic oxidation sites excluding steroid dienone is 2. The maximum absolute atomic E-state index is 10.9. The predicted molar refractivity (Wildman–Crippen MR) is 57.8 cm³/mol. The van der Waals surface area contributed by atoms with Crippen LogP contribution in [0.5, 0.6) is 0 Å². The molecule has 0 saturated carbocycles. The molecule has 0 radical (unpaired) electrons. The molecular weight excluding hydrogens is 160 g/mol. The molecule has 0 aromatic rings. The number of carbonyl (C=O) groups is 1. The van der Waals surface area contributed by atoms with Gasteiger partial charge in [0.05, 0.1) is 0 Å². The van der Waals surface area contributed by atoms with Crippen LogP contribution in [0.4, 0.5) is 0 Å². The van der Waals surface area contributed by atoms with Gasteiger partial charge in [-0.25, -0.2) is 0 Å². The standard InChI is InChI=1S/C12H22O/c1-3-5-6-7-8-9-10-11-12(13)4-2/h9-10H,3-8,11H2,1-2H3/b10-9+. The first-order valence-corrected chi connectivity index (χ1v) is 5.48. The van der Waals surface area contributed by atoms with Crippen molar-refractivity contribution in [2.45, 2.75) is 58.8 Å². The Bertz CT molecular complexity index is 147. The van der Waals surface area contributed by atoms with Crippen molar-refractivity contribution < 1.29 is 4.79 Å². The largest absolute Gasteiger partial charge is 0.299 e. The van der Waals surface area contributed by atoms with E-state index in [1.54, 1.807) is 0 Å². The van der Waals surface area contributed by atoms with E-state index in [1.165, 1.54) is 25.7 Å². The van der Waals surface area contributed by atoms with Gasteiger partial charge in [0.25, 0.3) is 0 Å². The monoisotopic (exact) mass is 182 g/mol. The number of rotatable bonds is 8. The molecule has 0 aromatic heterocycles. The molecular formula is C12H22O. The Kier molecular flexibility index (Phi) is 9.07. The number of hydrogen-bond acceptors (Lipinski definition) is 1. The molecule has 0 fully saturated rings. The van der Waals surface area contributed by atoms with Crippen LogP contribution in [0.1, 0.15) is 58.8 Å². The Balaban J connectivity index is 3.17. The molecule has 0 amide bonds. The van der Waals surface area contributed by atoms with E-state index in [-0.39, 0.29) is 0 Å². The lowest BCUT2D eigenvalue weighted by Gasteiger charge is -1.94. The van der Waals surface area contributed by atoms with Gasteiger partial charge in [-0.1, -0.05) is 45.3 Å². The van der Waals surface area contributed by atoms with Crippen molar-refractivity contribution in [3.8, 4) is 0 Å². The van der Waals surface area contributed by atoms with E-state index < -0.39 is 0 Å². The third-order valence-corrected chi connectivity index (χ3v) is 2.13. The van der Waals surface area contributed by atoms with Gasteiger partial charge in [-0.15, -0.1) is 0 Å². The molecule has 0 saturated heterocycles. The third-order valence-electron chi connectivity index (χ3n) is 2.13. The van der Waals surface area contributed by atoms with Gasteiger partial charge in [0, 0.05) is 12.8 Å². The second-order valence-electron chi connectivity index (χ2n) is 3.42. The van der Waals surface area contributed by atoms with Crippen LogP contribution < -0.4 is 0 Å². The van der Waals surface area contributed by atoms with Crippen molar-refractivity contribution in [3.05, 3.63) is 12.2 Å². The molecule has 0 unspecified atom stereocenters. The smallest absolute Gasteiger partial charge is 0.136 e. The van der Waals surface area contributed by atoms with E-state index in [0.29, 0.717) is 18.6 Å². The van der Waals surface area contributed by atoms with Gasteiger partial charge < -0.3 is 0 Å². The molecule has 13 heavy (non-hydrogen) atoms. The Morgan fingerprint density at radius 1 is 1.08 bits per heavy atom. The lowest BCUT2D eigenvalue weighted by Crippen LogP contribution is -1.90. The summed E-state index contributed by atoms with van der Waals surface area (Å²) in [6.45, 7) is 4.13. The molecule has 1 nitrogen and oxygen atoms in total. The fraction of sp³-hybridized carbons (Fsp3) is 0.750. The maximum Gasteiger partial charge on any atom is 0.136 e. The van der Waals surface area contributed by atoms with Gasteiger partial charge in [-0.05, 0) is 12.8 Å². The molecule has 0 aliphatic heterocycles. The first-order valence-electron chi connectivity index (χ1n) is 5.48. The highest BCUT2D eigenvalue weighted by molar-refractivity contribution is 5.79. The van der Waals surface area contributed by atoms with Gasteiger partial charge in [-0.3, -0.25) is 4.79 Å². The van der Waals surface area contributed by atoms with E-state index in [0.717, 1.165) is 6.42 Å². The van der Waals surface area contributed by atoms with Gasteiger partial charge in [0.2, 0.25) is 0 Å². The van der Waals surface area contributed by atoms with Crippen LogP contribution in [0.3, 0.4) is 0 Å². The number of ketones is 1. The average Bonchev–Trinajstić information content (AvgIpc) is 2.16. The SMILES string of the molecule is CCCCCC/C=C/CC(=O)CC. The van der Waals surface area contributed by atoms with E-state index in [2.05, 4.69) is 13.0 Å². The molecule has 0 aliphatic carbocycles. The topological polar surface area (TPSA) is 17.1 Å². The Labute approximate surface area is 82.2 Å². The highest BCUT2D eigenvalue weighted by Gasteiger charge is 1.91. The highest BCUT2D eigenvalue weighted by Crippen LogP contribution is 2.03. The first-order chi connectivity index (χ1) is 6.31. The van der Waals surface area contributed by atoms with E-state index in [9.17, 15) is 4.79 Å². The molecule has 0 atom stereocenters. The van der Waals surface area contributed by atoms with E-state index >= 15 is 0 Å². The summed E-state index contributed by atoms with van der Waals surface area (Å²) in [4.78, 5) is 10.9. The highest BCUT2D eigenvalue weighted by atomic mass is 16.1. The summed E-state index contributed by atoms with van der Waals surface area (Å²) in [6, 6.07) is 0. The molecule has 0 aliphatic rings. The van der Waals surface area contributed by atoms with Gasteiger partial charge in [-0.2, -0.15) is 0 Å². The lowest BCUT2D eigenvalue weighted by atomic mass is 10.1. The molecule has 0 heterocycles. The minimum absolute atomic E-state index is 0.338. The number of unbranched alkanes of at least 4 members (excludes halogenated alkanes) is 4. The quantitative estimate of drug-likeness (QED) is 0.411. The molecule has 76 valence electrons. The molecule has 0 N–H and O–H groups in total. The van der Waals surface area contributed by atoms with E-state index in [1.807, 2.05) is 13.0 Å². The van der Waals surface area contributed by atoms with Crippen LogP contribution >= 0.6 is 0 Å². The van der Waals surface area contributed by atoms with Crippen molar-refractivity contribution in [1.82, 2.24) is 0 Å². The molecule has 1 heteroatoms. The van der Waals surface area contributed by atoms with Crippen molar-refractivity contribution >= 4 is 5.78 Å². The fourth-order valence-electron chi connectivity index (χ4n) is 1.17. The van der Waals surface area contributed by atoms with Crippen molar-refractivity contribution in [1.29, 1.82) is 0 Å². The minimum atomic E-state index is 0.338. The van der Waals surface area contributed by atoms with Crippen LogP contribution in [0.2, 0.25) is 0 Å². The van der Waals surface area contributed by atoms with Gasteiger partial charge in [0.1, 0.15) is 5.78 Å². The zero-order valence-electron chi connectivity index (χ0n) is 9.01. The van der Waals surface area contributed by atoms with Crippen molar-refractivity contribution in [2.75, 3.05) is 0 Å². The summed E-state index contributed by atoms with van der Waals surface area (Å²) < 4.78 is 0. The van der Waals surface area contributed by atoms with Crippen LogP contribution in [-0.2, 0) is 4.79 Å². The predicted octanol–water partition coefficient (Wildman–Crippen LogP) is 3.88. The van der Waals surface area contributed by atoms with Crippen LogP contribution in [0.15, 0.2) is 12.2 Å². The average molecular weight is 182 g/mol. The normalized spacial score (nSPS) is 10.9. The summed E-state index contributed by atoms with van der Waals surface area (Å²) in [5.41, 5.74) is 0. The molecule has 0 aromatic carbocycles. The van der Waals surface area contributed by atoms with Crippen LogP contribution in [0, 0.1) is 0 Å². The van der Waals surface area contributed by atoms with Crippen molar-refractivity contribution in [2.24, 2.45) is 0 Å². The summed E-state index contributed by atoms with van der Waals surface area (Å²) in [5, 5.41) is 0. The third kappa shape index (κ3) is 9.32. The van der Waals surface area contributed by atoms with Crippen LogP contribution in [0.25, 0.3) is 0 Å². The van der Waals surface area contributed by atoms with Gasteiger partial charge in [0.15, 0.2) is 0 Å². The zero-order valence-corrected chi connectivity index (χ0v) is 9.01. The maximum atomic E-state index is 10.9. The zero-order chi connectivity index (χ0) is 9.94. The summed E-state index contributed by atoms with van der Waals surface area (Å²) >= 11 is 0. The summed E-state index contributed by atoms with van der Waals surface area (Å²) in [6.07, 6.45) is 11.8. The number of hydrogen-bond donors (Lipinski definition) is 0. The Hall–Kier alpha value is -0.590. The number of carbonyl (C=O) groups excluding carboxylic acids is 1. The molecule has 0 spiro atoms. The Morgan fingerprint density at radius 3 is 2.46 bits per heavy atom. The second kappa shape index (κ2) is 9.50. The lowest BCUT2D eigenvalue weighted by molar-refractivity contribution is -0.117. The fourth-order valence-corrected chi connectivity index (χ4v) is 1.17. The summed E-state index contributed by atoms with van der Waals surface area (Å²) in [7, 11) is 0. The van der Waals surface area contributed by atoms with Gasteiger partial charge >= 0.3 is 0 Å². The van der Waals surface area contributed by atoms with E-state index in [4.69, 9.17) is 0 Å². The Morgan fingerprint density at radius 2 is 1.85 bits per heavy atom. The molecule has 0 rings (SSSR count). The van der Waals surface area contributed by atoms with Crippen molar-refractivity contribution in [3.63, 3.8) is 0 Å². The minimum Gasteiger partial charge on any atom is -0.299 e. The first kappa shape index (κ1) is 12.4. The summed E-state index contributed by atoms with van der Waals surface area (Å²) in [5.74, 6) is 0.338. The molecule has 0 bridgehead atoms. The second-order valence-corrected chi connectivity index (χ2v) is 3.42.